The number of nitrogens with zero attached hydrogens (tertiary/aromatic N) is 2. The molecule has 2 amide bonds. The van der Waals surface area contributed by atoms with Crippen LogP contribution in [-0.4, -0.2) is 121 Å². The fraction of sp³-hybridized carbons (Fsp3) is 0.588. The first-order valence-corrected chi connectivity index (χ1v) is 29.8. The van der Waals surface area contributed by atoms with E-state index in [2.05, 4.69) is 65.5 Å². The highest BCUT2D eigenvalue weighted by atomic mass is 28.4. The molecule has 258 valence electrons. The summed E-state index contributed by atoms with van der Waals surface area (Å²) >= 11 is 0. The molecule has 0 atom stereocenters. The molecule has 2 aromatic carbocycles. The molecule has 2 rings (SSSR count). The Morgan fingerprint density at radius 2 is 0.848 bits per heavy atom. The first kappa shape index (κ1) is 40.3. The van der Waals surface area contributed by atoms with Crippen LogP contribution < -0.4 is 0 Å². The minimum absolute atomic E-state index is 0.0143. The zero-order valence-corrected chi connectivity index (χ0v) is 34.5. The molecule has 0 fully saturated rings. The number of rotatable bonds is 21. The lowest BCUT2D eigenvalue weighted by molar-refractivity contribution is 0.0598. The molecule has 0 aliphatic carbocycles. The van der Waals surface area contributed by atoms with Crippen LogP contribution in [0.2, 0.25) is 65.5 Å². The largest absolute Gasteiger partial charge is 0.416 e. The fourth-order valence-electron chi connectivity index (χ4n) is 4.52. The Balaban J connectivity index is 2.10. The lowest BCUT2D eigenvalue weighted by Gasteiger charge is -2.27. The molecule has 0 aliphatic heterocycles. The Bertz CT molecular complexity index is 1150. The van der Waals surface area contributed by atoms with Crippen molar-refractivity contribution in [2.45, 2.75) is 65.5 Å². The Labute approximate surface area is 284 Å². The number of carbonyl (C=O) groups is 2. The third kappa shape index (κ3) is 16.3. The van der Waals surface area contributed by atoms with Crippen LogP contribution in [0.15, 0.2) is 48.5 Å². The first-order chi connectivity index (χ1) is 21.6. The Morgan fingerprint density at radius 3 is 1.13 bits per heavy atom. The van der Waals surface area contributed by atoms with Gasteiger partial charge in [0, 0.05) is 49.8 Å². The second kappa shape index (κ2) is 19.8. The van der Waals surface area contributed by atoms with Crippen LogP contribution in [0.5, 0.6) is 0 Å². The molecule has 46 heavy (non-hydrogen) atoms. The van der Waals surface area contributed by atoms with E-state index >= 15 is 0 Å². The van der Waals surface area contributed by atoms with E-state index in [1.807, 2.05) is 58.3 Å². The molecule has 0 bridgehead atoms. The van der Waals surface area contributed by atoms with Gasteiger partial charge in [0.1, 0.15) is 0 Å². The summed E-state index contributed by atoms with van der Waals surface area (Å²) in [7, 11) is -4.97. The maximum absolute atomic E-state index is 13.5. The smallest absolute Gasteiger partial charge is 0.254 e. The van der Waals surface area contributed by atoms with E-state index in [4.69, 9.17) is 18.3 Å². The molecular formula is C34H60N2O6Si4. The summed E-state index contributed by atoms with van der Waals surface area (Å²) in [6.07, 6.45) is 1.63. The molecular weight excluding hydrogens is 645 g/mol. The van der Waals surface area contributed by atoms with Gasteiger partial charge in [0.2, 0.25) is 0 Å². The monoisotopic (exact) mass is 704 g/mol. The van der Waals surface area contributed by atoms with Crippen LogP contribution >= 0.6 is 0 Å². The van der Waals surface area contributed by atoms with E-state index in [0.717, 1.165) is 23.6 Å². The van der Waals surface area contributed by atoms with E-state index in [9.17, 15) is 9.59 Å². The number of ether oxygens (including phenoxy) is 2. The predicted octanol–water partition coefficient (Wildman–Crippen LogP) is 6.03. The van der Waals surface area contributed by atoms with Gasteiger partial charge in [-0.05, 0) is 74.7 Å². The molecule has 2 aromatic rings. The molecule has 0 saturated carbocycles. The van der Waals surface area contributed by atoms with Gasteiger partial charge in [-0.1, -0.05) is 50.5 Å². The van der Waals surface area contributed by atoms with Crippen molar-refractivity contribution in [3.8, 4) is 11.1 Å². The molecule has 0 spiro atoms. The van der Waals surface area contributed by atoms with Gasteiger partial charge >= 0.3 is 0 Å². The van der Waals surface area contributed by atoms with Gasteiger partial charge in [-0.25, -0.2) is 0 Å². The molecule has 0 heterocycles. The highest BCUT2D eigenvalue weighted by Crippen LogP contribution is 2.22. The number of hydrogen-bond donors (Lipinski definition) is 0. The van der Waals surface area contributed by atoms with E-state index in [1.54, 1.807) is 0 Å². The number of hydrogen-bond acceptors (Lipinski definition) is 6. The van der Waals surface area contributed by atoms with Crippen molar-refractivity contribution < 1.29 is 27.9 Å². The normalized spacial score (nSPS) is 12.2. The third-order valence-corrected chi connectivity index (χ3v) is 10.8. The van der Waals surface area contributed by atoms with Crippen molar-refractivity contribution in [3.05, 3.63) is 59.7 Å². The maximum atomic E-state index is 13.5. The summed E-state index contributed by atoms with van der Waals surface area (Å²) < 4.78 is 23.8. The first-order valence-electron chi connectivity index (χ1n) is 16.8. The summed E-state index contributed by atoms with van der Waals surface area (Å²) in [6, 6.07) is 15.4. The van der Waals surface area contributed by atoms with Gasteiger partial charge in [0.25, 0.3) is 11.8 Å². The molecule has 0 saturated heterocycles. The van der Waals surface area contributed by atoms with Crippen LogP contribution in [0.4, 0.5) is 0 Å². The van der Waals surface area contributed by atoms with Crippen molar-refractivity contribution >= 4 is 46.0 Å². The second-order valence-electron chi connectivity index (χ2n) is 14.6. The van der Waals surface area contributed by atoms with Crippen LogP contribution in [0.1, 0.15) is 20.7 Å². The van der Waals surface area contributed by atoms with Crippen LogP contribution in [0.3, 0.4) is 0 Å². The van der Waals surface area contributed by atoms with Gasteiger partial charge in [0.15, 0.2) is 16.6 Å². The SMILES string of the molecule is C[SiH](C)COCCN(CCOC[SiH](C)C)C(=O)c1ccc(-c2ccc(C(=O)N(CCO[Si](C)(C)C)CCO[Si](C)(C)C)cc2)cc1. The highest BCUT2D eigenvalue weighted by Gasteiger charge is 2.21. The van der Waals surface area contributed by atoms with Gasteiger partial charge < -0.3 is 28.1 Å². The van der Waals surface area contributed by atoms with Crippen LogP contribution in [-0.2, 0) is 18.3 Å². The van der Waals surface area contributed by atoms with Gasteiger partial charge in [0.05, 0.1) is 44.0 Å². The fourth-order valence-corrected chi connectivity index (χ4v) is 7.20. The summed E-state index contributed by atoms with van der Waals surface area (Å²) in [5.74, 6) is -0.0371. The molecule has 0 radical (unpaired) electrons. The summed E-state index contributed by atoms with van der Waals surface area (Å²) in [4.78, 5) is 30.7. The summed E-state index contributed by atoms with van der Waals surface area (Å²) in [5, 5.41) is 0. The van der Waals surface area contributed by atoms with Crippen molar-refractivity contribution in [2.75, 3.05) is 65.1 Å². The standard InChI is InChI=1S/C34H60N2O6Si4/c1-43(2)27-39-23-19-35(20-24-40-28-44(3)4)33(37)31-15-11-29(12-16-31)30-13-17-32(18-14-30)34(38)36(21-25-41-45(5,6)7)22-26-42-46(8,9)10/h11-18,43-44H,19-28H2,1-10H3. The van der Waals surface area contributed by atoms with Crippen LogP contribution in [0, 0.1) is 0 Å². The average molecular weight is 705 g/mol. The summed E-state index contributed by atoms with van der Waals surface area (Å²) in [6.45, 7) is 26.2. The van der Waals surface area contributed by atoms with Gasteiger partial charge in [-0.3, -0.25) is 9.59 Å². The minimum Gasteiger partial charge on any atom is -0.416 e. The van der Waals surface area contributed by atoms with E-state index in [-0.39, 0.29) is 11.8 Å². The molecule has 0 aliphatic rings. The van der Waals surface area contributed by atoms with Gasteiger partial charge in [-0.15, -0.1) is 0 Å². The number of amides is 2. The van der Waals surface area contributed by atoms with Crippen molar-refractivity contribution in [3.63, 3.8) is 0 Å². The van der Waals surface area contributed by atoms with Crippen molar-refractivity contribution in [1.82, 2.24) is 9.80 Å². The average Bonchev–Trinajstić information content (AvgIpc) is 2.97. The minimum atomic E-state index is -1.68. The second-order valence-corrected chi connectivity index (χ2v) is 29.9. The number of benzene rings is 2. The maximum Gasteiger partial charge on any atom is 0.254 e. The Hall–Kier alpha value is -1.91. The summed E-state index contributed by atoms with van der Waals surface area (Å²) in [5.41, 5.74) is 3.25. The lowest BCUT2D eigenvalue weighted by atomic mass is 10.0. The number of carbonyl (C=O) groups excluding carboxylic acids is 2. The third-order valence-electron chi connectivity index (χ3n) is 6.88. The Morgan fingerprint density at radius 1 is 0.543 bits per heavy atom. The molecule has 12 heteroatoms. The zero-order valence-electron chi connectivity index (χ0n) is 30.2. The molecule has 0 N–H and O–H groups in total. The quantitative estimate of drug-likeness (QED) is 0.117. The van der Waals surface area contributed by atoms with E-state index < -0.39 is 34.2 Å². The van der Waals surface area contributed by atoms with Crippen LogP contribution in [0.25, 0.3) is 11.1 Å². The highest BCUT2D eigenvalue weighted by molar-refractivity contribution is 6.70. The van der Waals surface area contributed by atoms with Crippen molar-refractivity contribution in [2.24, 2.45) is 0 Å². The lowest BCUT2D eigenvalue weighted by Crippen LogP contribution is -2.40. The molecule has 0 unspecified atom stereocenters. The van der Waals surface area contributed by atoms with Gasteiger partial charge in [-0.2, -0.15) is 0 Å². The molecule has 8 nitrogen and oxygen atoms in total. The predicted molar refractivity (Wildman–Crippen MR) is 202 cm³/mol. The van der Waals surface area contributed by atoms with E-state index in [0.29, 0.717) is 63.7 Å². The molecule has 0 aromatic heterocycles. The van der Waals surface area contributed by atoms with Crippen molar-refractivity contribution in [1.29, 1.82) is 0 Å². The van der Waals surface area contributed by atoms with E-state index in [1.165, 1.54) is 0 Å². The Kier molecular flexibility index (Phi) is 17.3. The zero-order chi connectivity index (χ0) is 34.3. The topological polar surface area (TPSA) is 77.5 Å².